The van der Waals surface area contributed by atoms with Crippen LogP contribution in [0.4, 0.5) is 0 Å². The number of fused-ring (bicyclic) bond motifs is 1. The molecule has 0 bridgehead atoms. The van der Waals surface area contributed by atoms with Gasteiger partial charge in [-0.1, -0.05) is 12.1 Å². The third-order valence-corrected chi connectivity index (χ3v) is 5.06. The van der Waals surface area contributed by atoms with Crippen molar-refractivity contribution in [3.05, 3.63) is 42.2 Å². The third-order valence-electron chi connectivity index (χ3n) is 4.01. The molecule has 1 atom stereocenters. The fraction of sp³-hybridized carbons (Fsp3) is 0.294. The number of hydrogen-bond donors (Lipinski definition) is 1. The molecule has 0 aliphatic carbocycles. The van der Waals surface area contributed by atoms with Gasteiger partial charge in [-0.25, -0.2) is 4.98 Å². The van der Waals surface area contributed by atoms with Crippen LogP contribution in [0, 0.1) is 0 Å². The monoisotopic (exact) mass is 328 g/mol. The van der Waals surface area contributed by atoms with Crippen LogP contribution in [0.3, 0.4) is 0 Å². The van der Waals surface area contributed by atoms with Crippen LogP contribution in [0.15, 0.2) is 40.8 Å². The van der Waals surface area contributed by atoms with Gasteiger partial charge >= 0.3 is 0 Å². The Morgan fingerprint density at radius 1 is 1.30 bits per heavy atom. The zero-order valence-corrected chi connectivity index (χ0v) is 13.3. The quantitative estimate of drug-likeness (QED) is 0.785. The molecule has 118 valence electrons. The molecule has 5 nitrogen and oxygen atoms in total. The van der Waals surface area contributed by atoms with E-state index in [0.717, 1.165) is 28.1 Å². The number of carbonyl (C=O) groups excluding carboxylic acids is 1. The summed E-state index contributed by atoms with van der Waals surface area (Å²) in [5.74, 6) is 0.733. The number of β-amino-alcohol motifs (C(OH)–C–C–N with tert-alkyl or cyclic N) is 1. The topological polar surface area (TPSA) is 66.6 Å². The second-order valence-corrected chi connectivity index (χ2v) is 6.73. The number of aromatic nitrogens is 1. The summed E-state index contributed by atoms with van der Waals surface area (Å²) in [7, 11) is 0. The van der Waals surface area contributed by atoms with Gasteiger partial charge in [0.15, 0.2) is 16.5 Å². The van der Waals surface area contributed by atoms with E-state index in [1.807, 2.05) is 24.3 Å². The minimum Gasteiger partial charge on any atom is -0.448 e. The first-order chi connectivity index (χ1) is 11.2. The zero-order valence-electron chi connectivity index (χ0n) is 12.4. The number of hydrogen-bond acceptors (Lipinski definition) is 5. The van der Waals surface area contributed by atoms with Crippen molar-refractivity contribution >= 4 is 27.5 Å². The summed E-state index contributed by atoms with van der Waals surface area (Å²) in [4.78, 5) is 18.7. The number of aliphatic hydroxyl groups is 1. The second kappa shape index (κ2) is 5.79. The lowest BCUT2D eigenvalue weighted by molar-refractivity contribution is 0.0449. The van der Waals surface area contributed by atoms with E-state index in [4.69, 9.17) is 4.42 Å². The Balaban J connectivity index is 1.59. The van der Waals surface area contributed by atoms with Crippen LogP contribution in [0.5, 0.6) is 0 Å². The van der Waals surface area contributed by atoms with E-state index in [-0.39, 0.29) is 5.91 Å². The van der Waals surface area contributed by atoms with E-state index in [9.17, 15) is 9.90 Å². The molecule has 4 rings (SSSR count). The van der Waals surface area contributed by atoms with Crippen molar-refractivity contribution in [2.24, 2.45) is 0 Å². The van der Waals surface area contributed by atoms with Crippen LogP contribution in [-0.4, -0.2) is 40.1 Å². The van der Waals surface area contributed by atoms with Crippen LogP contribution in [-0.2, 0) is 0 Å². The molecule has 1 unspecified atom stereocenters. The van der Waals surface area contributed by atoms with Crippen LogP contribution in [0.25, 0.3) is 21.0 Å². The number of furan rings is 1. The number of rotatable bonds is 2. The molecule has 0 radical (unpaired) electrons. The Bertz CT molecular complexity index is 821. The lowest BCUT2D eigenvalue weighted by atomic mass is 10.1. The fourth-order valence-electron chi connectivity index (χ4n) is 2.84. The van der Waals surface area contributed by atoms with E-state index in [0.29, 0.717) is 24.6 Å². The standard InChI is InChI=1S/C17H16N2O3S/c20-11-4-3-9-19(10-11)17(21)14-8-7-13(22-14)16-18-12-5-1-2-6-15(12)23-16/h1-2,5-8,11,20H,3-4,9-10H2. The fourth-order valence-corrected chi connectivity index (χ4v) is 3.77. The van der Waals surface area contributed by atoms with Crippen LogP contribution >= 0.6 is 11.3 Å². The molecule has 1 aliphatic rings. The van der Waals surface area contributed by atoms with Crippen molar-refractivity contribution in [2.75, 3.05) is 13.1 Å². The summed E-state index contributed by atoms with van der Waals surface area (Å²) in [5, 5.41) is 10.5. The predicted octanol–water partition coefficient (Wildman–Crippen LogP) is 3.15. The summed E-state index contributed by atoms with van der Waals surface area (Å²) >= 11 is 1.54. The molecule has 1 N–H and O–H groups in total. The number of nitrogens with zero attached hydrogens (tertiary/aromatic N) is 2. The molecule has 3 heterocycles. The molecule has 23 heavy (non-hydrogen) atoms. The number of carbonyl (C=O) groups is 1. The van der Waals surface area contributed by atoms with Crippen molar-refractivity contribution in [1.29, 1.82) is 0 Å². The summed E-state index contributed by atoms with van der Waals surface area (Å²) in [6.45, 7) is 1.03. The average molecular weight is 328 g/mol. The van der Waals surface area contributed by atoms with Gasteiger partial charge in [0, 0.05) is 13.1 Å². The van der Waals surface area contributed by atoms with Gasteiger partial charge in [0.25, 0.3) is 5.91 Å². The zero-order chi connectivity index (χ0) is 15.8. The lowest BCUT2D eigenvalue weighted by Gasteiger charge is -2.29. The summed E-state index contributed by atoms with van der Waals surface area (Å²) in [6.07, 6.45) is 1.13. The minimum absolute atomic E-state index is 0.170. The largest absolute Gasteiger partial charge is 0.448 e. The molecule has 1 aromatic carbocycles. The lowest BCUT2D eigenvalue weighted by Crippen LogP contribution is -2.42. The number of para-hydroxylation sites is 1. The SMILES string of the molecule is O=C(c1ccc(-c2nc3ccccc3s2)o1)N1CCCC(O)C1. The highest BCUT2D eigenvalue weighted by Crippen LogP contribution is 2.31. The molecule has 0 spiro atoms. The van der Waals surface area contributed by atoms with Crippen LogP contribution < -0.4 is 0 Å². The maximum absolute atomic E-state index is 12.5. The van der Waals surface area contributed by atoms with Crippen molar-refractivity contribution in [1.82, 2.24) is 9.88 Å². The molecule has 2 aromatic heterocycles. The Hall–Kier alpha value is -2.18. The molecule has 1 fully saturated rings. The maximum atomic E-state index is 12.5. The van der Waals surface area contributed by atoms with Crippen molar-refractivity contribution in [3.63, 3.8) is 0 Å². The highest BCUT2D eigenvalue weighted by molar-refractivity contribution is 7.21. The van der Waals surface area contributed by atoms with Gasteiger partial charge in [-0.05, 0) is 37.1 Å². The van der Waals surface area contributed by atoms with Crippen LogP contribution in [0.1, 0.15) is 23.4 Å². The van der Waals surface area contributed by atoms with Crippen LogP contribution in [0.2, 0.25) is 0 Å². The molecule has 3 aromatic rings. The highest BCUT2D eigenvalue weighted by Gasteiger charge is 2.25. The van der Waals surface area contributed by atoms with Gasteiger partial charge in [-0.3, -0.25) is 4.79 Å². The average Bonchev–Trinajstić information content (AvgIpc) is 3.20. The molecule has 1 amide bonds. The van der Waals surface area contributed by atoms with Gasteiger partial charge in [0.2, 0.25) is 0 Å². The van der Waals surface area contributed by atoms with E-state index >= 15 is 0 Å². The van der Waals surface area contributed by atoms with Crippen molar-refractivity contribution in [3.8, 4) is 10.8 Å². The molecule has 1 aliphatic heterocycles. The van der Waals surface area contributed by atoms with E-state index < -0.39 is 6.10 Å². The Morgan fingerprint density at radius 2 is 2.17 bits per heavy atom. The van der Waals surface area contributed by atoms with Gasteiger partial charge in [0.1, 0.15) is 0 Å². The first-order valence-corrected chi connectivity index (χ1v) is 8.45. The number of piperidine rings is 1. The van der Waals surface area contributed by atoms with Gasteiger partial charge in [-0.2, -0.15) is 0 Å². The molecular formula is C17H16N2O3S. The van der Waals surface area contributed by atoms with Gasteiger partial charge in [-0.15, -0.1) is 11.3 Å². The maximum Gasteiger partial charge on any atom is 0.289 e. The van der Waals surface area contributed by atoms with E-state index in [1.165, 1.54) is 0 Å². The van der Waals surface area contributed by atoms with Crippen molar-refractivity contribution < 1.29 is 14.3 Å². The molecular weight excluding hydrogens is 312 g/mol. The van der Waals surface area contributed by atoms with Gasteiger partial charge < -0.3 is 14.4 Å². The molecule has 1 saturated heterocycles. The number of benzene rings is 1. The Kier molecular flexibility index (Phi) is 3.63. The minimum atomic E-state index is -0.439. The molecule has 0 saturated carbocycles. The smallest absolute Gasteiger partial charge is 0.289 e. The van der Waals surface area contributed by atoms with E-state index in [2.05, 4.69) is 4.98 Å². The Labute approximate surface area is 137 Å². The first kappa shape index (κ1) is 14.4. The number of likely N-dealkylation sites (tertiary alicyclic amines) is 1. The summed E-state index contributed by atoms with van der Waals surface area (Å²) in [5.41, 5.74) is 0.927. The second-order valence-electron chi connectivity index (χ2n) is 5.70. The summed E-state index contributed by atoms with van der Waals surface area (Å²) in [6, 6.07) is 11.4. The Morgan fingerprint density at radius 3 is 3.00 bits per heavy atom. The van der Waals surface area contributed by atoms with E-state index in [1.54, 1.807) is 28.4 Å². The molecule has 6 heteroatoms. The first-order valence-electron chi connectivity index (χ1n) is 7.64. The normalized spacial score (nSPS) is 18.5. The van der Waals surface area contributed by atoms with Crippen molar-refractivity contribution in [2.45, 2.75) is 18.9 Å². The summed E-state index contributed by atoms with van der Waals surface area (Å²) < 4.78 is 6.81. The highest BCUT2D eigenvalue weighted by atomic mass is 32.1. The van der Waals surface area contributed by atoms with Gasteiger partial charge in [0.05, 0.1) is 16.3 Å². The number of thiazole rings is 1. The third kappa shape index (κ3) is 2.75. The number of aliphatic hydroxyl groups excluding tert-OH is 1. The number of amides is 1. The predicted molar refractivity (Wildman–Crippen MR) is 88.5 cm³/mol.